The molecule has 1 fully saturated rings. The number of carbonyl (C=O) groups excluding carboxylic acids is 1. The Labute approximate surface area is 496 Å². The van der Waals surface area contributed by atoms with Gasteiger partial charge >= 0.3 is 0 Å². The number of allylic oxidation sites excluding steroid dienone is 2. The molecule has 1 aliphatic rings. The van der Waals surface area contributed by atoms with Gasteiger partial charge in [-0.05, 0) is 38.5 Å². The highest BCUT2D eigenvalue weighted by atomic mass is 16.7. The first-order valence-corrected chi connectivity index (χ1v) is 35.9. The monoisotopic (exact) mass is 1130 g/mol. The molecule has 1 aliphatic heterocycles. The maximum absolute atomic E-state index is 13.1. The second kappa shape index (κ2) is 61.0. The number of rotatable bonds is 64. The quantitative estimate of drug-likeness (QED) is 0.0261. The molecule has 1 saturated heterocycles. The average Bonchev–Trinajstić information content (AvgIpc) is 3.46. The zero-order valence-electron chi connectivity index (χ0n) is 53.4. The second-order valence-corrected chi connectivity index (χ2v) is 25.4. The molecule has 0 aromatic rings. The van der Waals surface area contributed by atoms with E-state index in [2.05, 4.69) is 31.3 Å². The van der Waals surface area contributed by atoms with Crippen LogP contribution in [0.15, 0.2) is 12.2 Å². The highest BCUT2D eigenvalue weighted by Crippen LogP contribution is 2.24. The van der Waals surface area contributed by atoms with E-state index in [9.17, 15) is 30.3 Å². The zero-order valence-corrected chi connectivity index (χ0v) is 53.4. The Morgan fingerprint density at radius 3 is 1.01 bits per heavy atom. The number of ether oxygens (including phenoxy) is 2. The second-order valence-electron chi connectivity index (χ2n) is 25.4. The van der Waals surface area contributed by atoms with E-state index in [4.69, 9.17) is 9.47 Å². The highest BCUT2D eigenvalue weighted by Gasteiger charge is 2.44. The van der Waals surface area contributed by atoms with Crippen molar-refractivity contribution in [3.05, 3.63) is 12.2 Å². The van der Waals surface area contributed by atoms with Crippen LogP contribution in [0.2, 0.25) is 0 Å². The van der Waals surface area contributed by atoms with Crippen molar-refractivity contribution in [3.63, 3.8) is 0 Å². The Morgan fingerprint density at radius 1 is 0.412 bits per heavy atom. The first kappa shape index (κ1) is 76.9. The van der Waals surface area contributed by atoms with Crippen LogP contribution >= 0.6 is 0 Å². The minimum absolute atomic E-state index is 0.132. The van der Waals surface area contributed by atoms with Gasteiger partial charge in [0.15, 0.2) is 6.29 Å². The van der Waals surface area contributed by atoms with Crippen molar-refractivity contribution in [2.75, 3.05) is 13.2 Å². The summed E-state index contributed by atoms with van der Waals surface area (Å²) in [4.78, 5) is 13.1. The van der Waals surface area contributed by atoms with E-state index in [1.165, 1.54) is 315 Å². The first-order chi connectivity index (χ1) is 39.3. The number of aliphatic hydroxyl groups excluding tert-OH is 5. The molecule has 0 aromatic heterocycles. The molecule has 1 heterocycles. The van der Waals surface area contributed by atoms with E-state index in [0.717, 1.165) is 38.5 Å². The van der Waals surface area contributed by atoms with Crippen LogP contribution in [0.4, 0.5) is 0 Å². The number of amides is 1. The predicted octanol–water partition coefficient (Wildman–Crippen LogP) is 19.5. The van der Waals surface area contributed by atoms with E-state index in [1.54, 1.807) is 0 Å². The van der Waals surface area contributed by atoms with E-state index >= 15 is 0 Å². The van der Waals surface area contributed by atoms with Gasteiger partial charge in [-0.25, -0.2) is 0 Å². The molecule has 80 heavy (non-hydrogen) atoms. The van der Waals surface area contributed by atoms with Gasteiger partial charge in [0.1, 0.15) is 24.4 Å². The fraction of sp³-hybridized carbons (Fsp3) is 0.958. The molecule has 0 aromatic carbocycles. The number of hydrogen-bond donors (Lipinski definition) is 6. The summed E-state index contributed by atoms with van der Waals surface area (Å²) >= 11 is 0. The van der Waals surface area contributed by atoms with Gasteiger partial charge < -0.3 is 40.3 Å². The van der Waals surface area contributed by atoms with Crippen LogP contribution in [-0.2, 0) is 14.3 Å². The fourth-order valence-corrected chi connectivity index (χ4v) is 12.0. The molecule has 0 saturated carbocycles. The highest BCUT2D eigenvalue weighted by molar-refractivity contribution is 5.76. The first-order valence-electron chi connectivity index (χ1n) is 35.9. The van der Waals surface area contributed by atoms with Crippen LogP contribution in [0, 0.1) is 0 Å². The number of aliphatic hydroxyl groups is 5. The largest absolute Gasteiger partial charge is 0.394 e. The lowest BCUT2D eigenvalue weighted by Crippen LogP contribution is -2.60. The van der Waals surface area contributed by atoms with Crippen molar-refractivity contribution in [1.82, 2.24) is 5.32 Å². The topological polar surface area (TPSA) is 149 Å². The van der Waals surface area contributed by atoms with Crippen LogP contribution < -0.4 is 5.32 Å². The molecular formula is C71H139NO8. The smallest absolute Gasteiger partial charge is 0.220 e. The fourth-order valence-electron chi connectivity index (χ4n) is 12.0. The Morgan fingerprint density at radius 2 is 0.700 bits per heavy atom. The van der Waals surface area contributed by atoms with Crippen molar-refractivity contribution in [2.24, 2.45) is 0 Å². The Balaban J connectivity index is 2.03. The number of unbranched alkanes of at least 4 members (excludes halogenated alkanes) is 52. The molecule has 9 heteroatoms. The lowest BCUT2D eigenvalue weighted by atomic mass is 9.99. The standard InChI is InChI=1S/C71H139NO8/c1-3-5-7-9-11-13-15-17-19-21-23-24-25-26-27-28-29-30-31-32-33-34-35-36-37-38-39-40-41-42-43-45-47-49-51-53-55-57-59-61-67(75)72-64(63-79-71-70(78)69(77)68(76)66(62-73)80-71)65(74)60-58-56-54-52-50-48-46-44-22-20-18-16-14-12-10-8-6-4-2/h32-33,64-66,68-71,73-74,76-78H,3-31,34-63H2,1-2H3,(H,72,75)/b33-32-. The summed E-state index contributed by atoms with van der Waals surface area (Å²) < 4.78 is 11.4. The van der Waals surface area contributed by atoms with Crippen molar-refractivity contribution >= 4 is 5.91 Å². The number of hydrogen-bond acceptors (Lipinski definition) is 8. The van der Waals surface area contributed by atoms with E-state index < -0.39 is 49.5 Å². The Hall–Kier alpha value is -1.07. The van der Waals surface area contributed by atoms with Crippen LogP contribution in [0.25, 0.3) is 0 Å². The van der Waals surface area contributed by atoms with Gasteiger partial charge in [-0.15, -0.1) is 0 Å². The van der Waals surface area contributed by atoms with E-state index in [1.807, 2.05) is 0 Å². The van der Waals surface area contributed by atoms with Crippen molar-refractivity contribution < 1.29 is 39.8 Å². The molecule has 7 atom stereocenters. The predicted molar refractivity (Wildman–Crippen MR) is 341 cm³/mol. The molecule has 0 bridgehead atoms. The molecule has 0 spiro atoms. The van der Waals surface area contributed by atoms with Gasteiger partial charge in [-0.1, -0.05) is 347 Å². The van der Waals surface area contributed by atoms with Gasteiger partial charge in [0.05, 0.1) is 25.4 Å². The van der Waals surface area contributed by atoms with Gasteiger partial charge in [0.25, 0.3) is 0 Å². The van der Waals surface area contributed by atoms with Crippen LogP contribution in [-0.4, -0.2) is 87.5 Å². The third kappa shape index (κ3) is 49.2. The molecule has 9 nitrogen and oxygen atoms in total. The molecule has 0 radical (unpaired) electrons. The van der Waals surface area contributed by atoms with E-state index in [0.29, 0.717) is 12.8 Å². The maximum atomic E-state index is 13.1. The lowest BCUT2D eigenvalue weighted by Gasteiger charge is -2.40. The summed E-state index contributed by atoms with van der Waals surface area (Å²) in [6.45, 7) is 3.90. The average molecular weight is 1130 g/mol. The SMILES string of the molecule is CCCCCCCCCCCCCCCCCCCC/C=C\CCCCCCCCCCCCCCCCCCCC(=O)NC(COC1OC(CO)C(O)C(O)C1O)C(O)CCCCCCCCCCCCCCCCCCCC. The minimum Gasteiger partial charge on any atom is -0.394 e. The van der Waals surface area contributed by atoms with Gasteiger partial charge in [0.2, 0.25) is 5.91 Å². The third-order valence-electron chi connectivity index (χ3n) is 17.6. The van der Waals surface area contributed by atoms with Gasteiger partial charge in [-0.3, -0.25) is 4.79 Å². The normalized spacial score (nSPS) is 18.4. The minimum atomic E-state index is -1.55. The van der Waals surface area contributed by atoms with Crippen molar-refractivity contribution in [3.8, 4) is 0 Å². The summed E-state index contributed by atoms with van der Waals surface area (Å²) in [6, 6.07) is -0.716. The van der Waals surface area contributed by atoms with Gasteiger partial charge in [0, 0.05) is 6.42 Å². The summed E-state index contributed by atoms with van der Waals surface area (Å²) in [5.74, 6) is -0.136. The molecular weight excluding hydrogens is 995 g/mol. The van der Waals surface area contributed by atoms with Gasteiger partial charge in [-0.2, -0.15) is 0 Å². The van der Waals surface area contributed by atoms with Crippen molar-refractivity contribution in [1.29, 1.82) is 0 Å². The summed E-state index contributed by atoms with van der Waals surface area (Å²) in [6.07, 6.45) is 71.6. The lowest BCUT2D eigenvalue weighted by molar-refractivity contribution is -0.302. The number of carbonyl (C=O) groups is 1. The Kier molecular flexibility index (Phi) is 58.7. The molecule has 476 valence electrons. The van der Waals surface area contributed by atoms with Crippen molar-refractivity contribution in [2.45, 2.75) is 423 Å². The van der Waals surface area contributed by atoms with E-state index in [-0.39, 0.29) is 12.5 Å². The molecule has 7 unspecified atom stereocenters. The maximum Gasteiger partial charge on any atom is 0.220 e. The molecule has 0 aliphatic carbocycles. The Bertz CT molecular complexity index is 1270. The number of nitrogens with one attached hydrogen (secondary N) is 1. The zero-order chi connectivity index (χ0) is 57.9. The molecule has 6 N–H and O–H groups in total. The van der Waals surface area contributed by atoms with Crippen LogP contribution in [0.5, 0.6) is 0 Å². The van der Waals surface area contributed by atoms with Crippen LogP contribution in [0.3, 0.4) is 0 Å². The van der Waals surface area contributed by atoms with Crippen LogP contribution in [0.1, 0.15) is 380 Å². The summed E-state index contributed by atoms with van der Waals surface area (Å²) in [7, 11) is 0. The molecule has 1 amide bonds. The molecule has 1 rings (SSSR count). The summed E-state index contributed by atoms with van der Waals surface area (Å²) in [5, 5.41) is 54.9. The third-order valence-corrected chi connectivity index (χ3v) is 17.6. The summed E-state index contributed by atoms with van der Waals surface area (Å²) in [5.41, 5.74) is 0.